The van der Waals surface area contributed by atoms with Crippen LogP contribution in [-0.4, -0.2) is 0 Å². The molecule has 2 aliphatic carbocycles. The van der Waals surface area contributed by atoms with Crippen LogP contribution in [-0.2, 0) is 32.5 Å². The van der Waals surface area contributed by atoms with E-state index in [2.05, 4.69) is 442 Å². The second-order valence-electron chi connectivity index (χ2n) is 37.1. The molecule has 2 spiro atoms. The molecule has 0 bridgehead atoms. The number of para-hydroxylation sites is 4. The first-order valence-corrected chi connectivity index (χ1v) is 41.8. The SMILES string of the molecule is CC(C)(C)c1ccc(N(c2ccc(C(C)(C)C)cc2)c2ccc3c(c2)oc2c(N4c5ccccc5C5(c6ccccc6-c6ccccc65)c5ccccc54)cc4c(cc(N5c6ccccc6C6(c7ccccc7-c7ccccc76)c6ccccc65)c5oc6cc(N(c7ccc(C(C)(C)C)cc7)c7ccc(C(C)(C)C)cc7)ccc6c54)c23)cc1. The average molecular weight is 1530 g/mol. The monoisotopic (exact) mass is 1520 g/mol. The summed E-state index contributed by atoms with van der Waals surface area (Å²) in [6.07, 6.45) is 0. The highest BCUT2D eigenvalue weighted by atomic mass is 16.3. The number of furan rings is 2. The van der Waals surface area contributed by atoms with E-state index in [0.29, 0.717) is 0 Å². The van der Waals surface area contributed by atoms with Gasteiger partial charge in [0.05, 0.1) is 45.0 Å². The van der Waals surface area contributed by atoms with Crippen LogP contribution < -0.4 is 19.6 Å². The fraction of sp³-hybridized carbons (Fsp3) is 0.161. The molecular formula is C112H92N4O2. The van der Waals surface area contributed by atoms with Gasteiger partial charge in [-0.1, -0.05) is 301 Å². The van der Waals surface area contributed by atoms with Crippen molar-refractivity contribution < 1.29 is 8.83 Å². The molecule has 0 N–H and O–H groups in total. The van der Waals surface area contributed by atoms with Crippen LogP contribution in [0.1, 0.15) is 150 Å². The van der Waals surface area contributed by atoms with E-state index in [1.54, 1.807) is 0 Å². The largest absolute Gasteiger partial charge is 0.454 e. The van der Waals surface area contributed by atoms with Gasteiger partial charge in [-0.15, -0.1) is 0 Å². The second-order valence-corrected chi connectivity index (χ2v) is 37.1. The van der Waals surface area contributed by atoms with Gasteiger partial charge in [-0.3, -0.25) is 0 Å². The van der Waals surface area contributed by atoms with Crippen molar-refractivity contribution in [3.05, 3.63) is 406 Å². The Kier molecular flexibility index (Phi) is 15.4. The normalized spacial score (nSPS) is 14.2. The maximum Gasteiger partial charge on any atom is 0.160 e. The van der Waals surface area contributed by atoms with Gasteiger partial charge in [0.25, 0.3) is 0 Å². The highest BCUT2D eigenvalue weighted by Gasteiger charge is 2.54. The van der Waals surface area contributed by atoms with Crippen LogP contribution >= 0.6 is 0 Å². The highest BCUT2D eigenvalue weighted by Crippen LogP contribution is 2.67. The smallest absolute Gasteiger partial charge is 0.160 e. The van der Waals surface area contributed by atoms with Gasteiger partial charge in [0.2, 0.25) is 0 Å². The molecule has 6 nitrogen and oxygen atoms in total. The van der Waals surface area contributed by atoms with Crippen molar-refractivity contribution in [1.29, 1.82) is 0 Å². The summed E-state index contributed by atoms with van der Waals surface area (Å²) in [4.78, 5) is 9.86. The van der Waals surface area contributed by atoms with Crippen LogP contribution in [0.15, 0.2) is 349 Å². The first-order valence-electron chi connectivity index (χ1n) is 41.8. The zero-order chi connectivity index (χ0) is 80.3. The lowest BCUT2D eigenvalue weighted by Gasteiger charge is -2.45. The van der Waals surface area contributed by atoms with Crippen molar-refractivity contribution in [2.75, 3.05) is 19.6 Å². The molecule has 6 heteroatoms. The van der Waals surface area contributed by atoms with Gasteiger partial charge in [0.1, 0.15) is 11.2 Å². The quantitative estimate of drug-likeness (QED) is 0.151. The van der Waals surface area contributed by atoms with Gasteiger partial charge in [-0.25, -0.2) is 0 Å². The molecule has 118 heavy (non-hydrogen) atoms. The lowest BCUT2D eigenvalue weighted by atomic mass is 9.64. The molecule has 18 aromatic rings. The molecule has 0 atom stereocenters. The molecule has 0 saturated heterocycles. The summed E-state index contributed by atoms with van der Waals surface area (Å²) >= 11 is 0. The number of anilines is 12. The molecule has 4 aliphatic rings. The molecule has 2 aliphatic heterocycles. The number of rotatable bonds is 8. The third-order valence-corrected chi connectivity index (χ3v) is 26.3. The summed E-state index contributed by atoms with van der Waals surface area (Å²) in [5.74, 6) is 0. The maximum absolute atomic E-state index is 8.07. The summed E-state index contributed by atoms with van der Waals surface area (Å²) < 4.78 is 16.1. The van der Waals surface area contributed by atoms with Crippen molar-refractivity contribution in [2.24, 2.45) is 0 Å². The van der Waals surface area contributed by atoms with E-state index in [1.807, 2.05) is 0 Å². The summed E-state index contributed by atoms with van der Waals surface area (Å²) in [5, 5.41) is 6.06. The summed E-state index contributed by atoms with van der Waals surface area (Å²) in [6, 6.07) is 128. The van der Waals surface area contributed by atoms with Crippen molar-refractivity contribution in [1.82, 2.24) is 0 Å². The van der Waals surface area contributed by atoms with Gasteiger partial charge in [-0.2, -0.15) is 0 Å². The molecule has 0 radical (unpaired) electrons. The van der Waals surface area contributed by atoms with E-state index in [9.17, 15) is 0 Å². The highest BCUT2D eigenvalue weighted by molar-refractivity contribution is 6.33. The van der Waals surface area contributed by atoms with Gasteiger partial charge < -0.3 is 28.4 Å². The van der Waals surface area contributed by atoms with E-state index < -0.39 is 10.8 Å². The van der Waals surface area contributed by atoms with Gasteiger partial charge in [-0.05, 0) is 231 Å². The van der Waals surface area contributed by atoms with Gasteiger partial charge in [0, 0.05) is 67.8 Å². The molecule has 0 unspecified atom stereocenters. The number of hydrogen-bond donors (Lipinski definition) is 0. The van der Waals surface area contributed by atoms with Crippen LogP contribution in [0.4, 0.5) is 68.2 Å². The standard InChI is InChI=1S/C112H92N4O2/c1-107(2,3)69-45-53-73(54-46-69)113(74-55-47-70(48-56-74)108(4,5)6)77-61-63-83-101(65-77)117-105-99(115-95-41-25-21-37-91(95)111(92-38-22-26-42-96(92)115)87-33-17-13-29-79(87)80-30-14-18-34-88(80)111)68-86-85(103(83)105)67-100(116-97-43-27-23-39-93(97)112(94-40-24-28-44-98(94)116)89-35-19-15-31-81(89)82-32-16-20-36-90(82)112)106-104(86)84-64-62-78(66-102(84)118-106)114(75-57-49-71(50-58-75)109(7,8)9)76-59-51-72(52-60-76)110(10,11)12/h13-68H,1-12H3. The molecule has 0 amide bonds. The molecular weight excluding hydrogens is 1430 g/mol. The number of nitrogens with zero attached hydrogens (tertiary/aromatic N) is 4. The molecule has 572 valence electrons. The molecule has 2 aromatic heterocycles. The first kappa shape index (κ1) is 71.1. The number of benzene rings is 16. The summed E-state index contributed by atoms with van der Waals surface area (Å²) in [7, 11) is 0. The first-order chi connectivity index (χ1) is 57.1. The Hall–Kier alpha value is -13.4. The third-order valence-electron chi connectivity index (χ3n) is 26.3. The molecule has 4 heterocycles. The zero-order valence-electron chi connectivity index (χ0n) is 68.9. The fourth-order valence-corrected chi connectivity index (χ4v) is 20.6. The van der Waals surface area contributed by atoms with Crippen LogP contribution in [0, 0.1) is 0 Å². The molecule has 16 aromatic carbocycles. The Morgan fingerprint density at radius 3 is 0.703 bits per heavy atom. The predicted molar refractivity (Wildman–Crippen MR) is 494 cm³/mol. The second kappa shape index (κ2) is 25.5. The Morgan fingerprint density at radius 1 is 0.220 bits per heavy atom. The Balaban J connectivity index is 0.865. The average Bonchev–Trinajstić information content (AvgIpc) is 1.41. The van der Waals surface area contributed by atoms with Crippen LogP contribution in [0.5, 0.6) is 0 Å². The van der Waals surface area contributed by atoms with Crippen LogP contribution in [0.25, 0.3) is 76.9 Å². The van der Waals surface area contributed by atoms with Crippen molar-refractivity contribution in [3.8, 4) is 22.3 Å². The van der Waals surface area contributed by atoms with E-state index in [0.717, 1.165) is 123 Å². The summed E-state index contributed by atoms with van der Waals surface area (Å²) in [6.45, 7) is 27.4. The minimum absolute atomic E-state index is 0.0398. The Bertz CT molecular complexity index is 6430. The third kappa shape index (κ3) is 10.3. The molecule has 22 rings (SSSR count). The van der Waals surface area contributed by atoms with E-state index in [4.69, 9.17) is 8.83 Å². The Labute approximate surface area is 691 Å². The van der Waals surface area contributed by atoms with E-state index >= 15 is 0 Å². The molecule has 0 fully saturated rings. The summed E-state index contributed by atoms with van der Waals surface area (Å²) in [5.41, 5.74) is 33.9. The molecule has 0 saturated carbocycles. The number of hydrogen-bond acceptors (Lipinski definition) is 6. The maximum atomic E-state index is 8.07. The minimum Gasteiger partial charge on any atom is -0.454 e. The van der Waals surface area contributed by atoms with E-state index in [-0.39, 0.29) is 21.7 Å². The minimum atomic E-state index is -0.657. The topological polar surface area (TPSA) is 39.2 Å². The van der Waals surface area contributed by atoms with E-state index in [1.165, 1.54) is 89.0 Å². The van der Waals surface area contributed by atoms with Crippen molar-refractivity contribution in [2.45, 2.75) is 116 Å². The van der Waals surface area contributed by atoms with Crippen molar-refractivity contribution >= 4 is 123 Å². The zero-order valence-corrected chi connectivity index (χ0v) is 68.9. The lowest BCUT2D eigenvalue weighted by molar-refractivity contribution is 0.590. The van der Waals surface area contributed by atoms with Crippen molar-refractivity contribution in [3.63, 3.8) is 0 Å². The predicted octanol–water partition coefficient (Wildman–Crippen LogP) is 31.1. The van der Waals surface area contributed by atoms with Crippen LogP contribution in [0.2, 0.25) is 0 Å². The van der Waals surface area contributed by atoms with Crippen LogP contribution in [0.3, 0.4) is 0 Å². The van der Waals surface area contributed by atoms with Gasteiger partial charge in [0.15, 0.2) is 11.2 Å². The number of fused-ring (bicyclic) bond motifs is 27. The fourth-order valence-electron chi connectivity index (χ4n) is 20.6. The Morgan fingerprint density at radius 2 is 0.449 bits per heavy atom. The lowest BCUT2D eigenvalue weighted by Crippen LogP contribution is -2.36. The van der Waals surface area contributed by atoms with Gasteiger partial charge >= 0.3 is 0 Å².